The second-order valence-electron chi connectivity index (χ2n) is 7.58. The lowest BCUT2D eigenvalue weighted by Crippen LogP contribution is -2.48. The van der Waals surface area contributed by atoms with Gasteiger partial charge in [-0.2, -0.15) is 0 Å². The predicted octanol–water partition coefficient (Wildman–Crippen LogP) is 2.06. The zero-order chi connectivity index (χ0) is 21.2. The second-order valence-corrected chi connectivity index (χ2v) is 7.58. The van der Waals surface area contributed by atoms with Gasteiger partial charge in [-0.15, -0.1) is 0 Å². The fraction of sp³-hybridized carbons (Fsp3) is 0.952. The van der Waals surface area contributed by atoms with Crippen LogP contribution in [0.25, 0.3) is 0 Å². The highest BCUT2D eigenvalue weighted by Crippen LogP contribution is 2.14. The molecule has 0 spiro atoms. The van der Waals surface area contributed by atoms with Gasteiger partial charge in [0.2, 0.25) is 0 Å². The van der Waals surface area contributed by atoms with Crippen molar-refractivity contribution in [2.24, 2.45) is 0 Å². The van der Waals surface area contributed by atoms with E-state index in [1.54, 1.807) is 0 Å². The molecule has 0 aromatic carbocycles. The summed E-state index contributed by atoms with van der Waals surface area (Å²) in [5.41, 5.74) is 0. The third-order valence-electron chi connectivity index (χ3n) is 5.01. The van der Waals surface area contributed by atoms with E-state index in [-0.39, 0.29) is 6.42 Å². The summed E-state index contributed by atoms with van der Waals surface area (Å²) in [6.07, 6.45) is 8.16. The maximum absolute atomic E-state index is 11.8. The van der Waals surface area contributed by atoms with Crippen LogP contribution in [-0.2, 0) is 9.53 Å². The van der Waals surface area contributed by atoms with Gasteiger partial charge in [-0.25, -0.2) is 0 Å². The topological polar surface area (TPSA) is 127 Å². The van der Waals surface area contributed by atoms with E-state index in [4.69, 9.17) is 9.84 Å². The van der Waals surface area contributed by atoms with Gasteiger partial charge in [0, 0.05) is 6.42 Å². The molecule has 0 saturated heterocycles. The number of esters is 1. The summed E-state index contributed by atoms with van der Waals surface area (Å²) < 4.78 is 4.99. The minimum atomic E-state index is -1.71. The van der Waals surface area contributed by atoms with Gasteiger partial charge in [0.25, 0.3) is 0 Å². The molecule has 5 N–H and O–H groups in total. The van der Waals surface area contributed by atoms with Crippen LogP contribution in [0.3, 0.4) is 0 Å². The molecule has 0 radical (unpaired) electrons. The molecule has 0 fully saturated rings. The largest absolute Gasteiger partial charge is 0.457 e. The minimum absolute atomic E-state index is 0.180. The molecule has 0 saturated carbocycles. The van der Waals surface area contributed by atoms with Crippen LogP contribution in [0, 0.1) is 0 Å². The van der Waals surface area contributed by atoms with E-state index < -0.39 is 43.6 Å². The summed E-state index contributed by atoms with van der Waals surface area (Å²) in [5.74, 6) is -0.559. The molecule has 0 aliphatic rings. The average molecular weight is 407 g/mol. The number of rotatable bonds is 19. The Morgan fingerprint density at radius 3 is 1.61 bits per heavy atom. The fourth-order valence-corrected chi connectivity index (χ4v) is 3.11. The molecule has 7 heteroatoms. The lowest BCUT2D eigenvalue weighted by molar-refractivity contribution is -0.171. The Kier molecular flexibility index (Phi) is 17.8. The molecule has 0 unspecified atom stereocenters. The van der Waals surface area contributed by atoms with Gasteiger partial charge in [0.05, 0.1) is 13.2 Å². The third kappa shape index (κ3) is 13.4. The molecule has 0 aliphatic carbocycles. The quantitative estimate of drug-likeness (QED) is 0.164. The first-order valence-corrected chi connectivity index (χ1v) is 10.9. The molecule has 0 aliphatic heterocycles. The highest BCUT2D eigenvalue weighted by molar-refractivity contribution is 5.69. The Balaban J connectivity index is 3.72. The molecule has 0 amide bonds. The van der Waals surface area contributed by atoms with E-state index in [0.717, 1.165) is 19.3 Å². The van der Waals surface area contributed by atoms with E-state index in [1.165, 1.54) is 51.4 Å². The monoisotopic (exact) mass is 406 g/mol. The molecule has 7 nitrogen and oxygen atoms in total. The SMILES string of the molecule is CCCCCCCCCCCCCCC(=O)O[C@@H](CO)[C@H](O)[C@@H](O)[C@@H](O)CO. The third-order valence-corrected chi connectivity index (χ3v) is 5.01. The molecule has 168 valence electrons. The molecule has 0 aromatic heterocycles. The van der Waals surface area contributed by atoms with Crippen molar-refractivity contribution in [2.45, 2.75) is 115 Å². The molecule has 4 atom stereocenters. The summed E-state index contributed by atoms with van der Waals surface area (Å²) >= 11 is 0. The molecule has 0 rings (SSSR count). The number of carbonyl (C=O) groups excluding carboxylic acids is 1. The maximum atomic E-state index is 11.8. The van der Waals surface area contributed by atoms with E-state index in [9.17, 15) is 25.2 Å². The second kappa shape index (κ2) is 18.3. The van der Waals surface area contributed by atoms with Gasteiger partial charge in [0.1, 0.15) is 18.3 Å². The van der Waals surface area contributed by atoms with Crippen molar-refractivity contribution in [3.05, 3.63) is 0 Å². The van der Waals surface area contributed by atoms with Crippen molar-refractivity contribution >= 4 is 5.97 Å². The maximum Gasteiger partial charge on any atom is 0.306 e. The van der Waals surface area contributed by atoms with Gasteiger partial charge in [-0.05, 0) is 6.42 Å². The van der Waals surface area contributed by atoms with Gasteiger partial charge in [-0.3, -0.25) is 4.79 Å². The van der Waals surface area contributed by atoms with Crippen molar-refractivity contribution in [2.75, 3.05) is 13.2 Å². The zero-order valence-electron chi connectivity index (χ0n) is 17.5. The first-order chi connectivity index (χ1) is 13.5. The van der Waals surface area contributed by atoms with Gasteiger partial charge in [-0.1, -0.05) is 77.6 Å². The van der Waals surface area contributed by atoms with Crippen molar-refractivity contribution in [1.82, 2.24) is 0 Å². The van der Waals surface area contributed by atoms with Crippen LogP contribution >= 0.6 is 0 Å². The summed E-state index contributed by atoms with van der Waals surface area (Å²) in [5, 5.41) is 46.8. The number of aliphatic hydroxyl groups excluding tert-OH is 5. The summed E-state index contributed by atoms with van der Waals surface area (Å²) in [6.45, 7) is 0.798. The van der Waals surface area contributed by atoms with Crippen LogP contribution in [0.2, 0.25) is 0 Å². The van der Waals surface area contributed by atoms with Crippen LogP contribution in [0.4, 0.5) is 0 Å². The lowest BCUT2D eigenvalue weighted by Gasteiger charge is -2.27. The first-order valence-electron chi connectivity index (χ1n) is 10.9. The van der Waals surface area contributed by atoms with Crippen molar-refractivity contribution < 1.29 is 35.1 Å². The first kappa shape index (κ1) is 27.3. The average Bonchev–Trinajstić information content (AvgIpc) is 2.71. The van der Waals surface area contributed by atoms with Gasteiger partial charge >= 0.3 is 5.97 Å². The smallest absolute Gasteiger partial charge is 0.306 e. The van der Waals surface area contributed by atoms with Crippen LogP contribution in [0.15, 0.2) is 0 Å². The Hall–Kier alpha value is -0.730. The van der Waals surface area contributed by atoms with Crippen molar-refractivity contribution in [3.8, 4) is 0 Å². The van der Waals surface area contributed by atoms with Crippen molar-refractivity contribution in [3.63, 3.8) is 0 Å². The molecule has 0 bridgehead atoms. The van der Waals surface area contributed by atoms with E-state index in [2.05, 4.69) is 6.92 Å². The van der Waals surface area contributed by atoms with Crippen LogP contribution in [-0.4, -0.2) is 69.1 Å². The standard InChI is InChI=1S/C21H42O7/c1-2-3-4-5-6-7-8-9-10-11-12-13-14-19(25)28-18(16-23)21(27)20(26)17(24)15-22/h17-18,20-24,26-27H,2-16H2,1H3/t17-,18-,20-,21-/m0/s1. The summed E-state index contributed by atoms with van der Waals surface area (Å²) in [4.78, 5) is 11.8. The Bertz CT molecular complexity index is 365. The van der Waals surface area contributed by atoms with E-state index >= 15 is 0 Å². The lowest BCUT2D eigenvalue weighted by atomic mass is 10.0. The number of hydrogen-bond acceptors (Lipinski definition) is 7. The van der Waals surface area contributed by atoms with Crippen molar-refractivity contribution in [1.29, 1.82) is 0 Å². The number of unbranched alkanes of at least 4 members (excludes halogenated alkanes) is 11. The van der Waals surface area contributed by atoms with E-state index in [1.807, 2.05) is 0 Å². The highest BCUT2D eigenvalue weighted by Gasteiger charge is 2.33. The molecule has 28 heavy (non-hydrogen) atoms. The summed E-state index contributed by atoms with van der Waals surface area (Å²) in [7, 11) is 0. The fourth-order valence-electron chi connectivity index (χ4n) is 3.11. The van der Waals surface area contributed by atoms with Gasteiger partial charge < -0.3 is 30.3 Å². The minimum Gasteiger partial charge on any atom is -0.457 e. The predicted molar refractivity (Wildman–Crippen MR) is 108 cm³/mol. The van der Waals surface area contributed by atoms with Crippen LogP contribution < -0.4 is 0 Å². The molecular weight excluding hydrogens is 364 g/mol. The highest BCUT2D eigenvalue weighted by atomic mass is 16.6. The number of hydrogen-bond donors (Lipinski definition) is 5. The van der Waals surface area contributed by atoms with E-state index in [0.29, 0.717) is 6.42 Å². The number of aliphatic hydroxyl groups is 5. The van der Waals surface area contributed by atoms with Crippen LogP contribution in [0.5, 0.6) is 0 Å². The Morgan fingerprint density at radius 2 is 1.18 bits per heavy atom. The number of ether oxygens (including phenoxy) is 1. The van der Waals surface area contributed by atoms with Gasteiger partial charge in [0.15, 0.2) is 6.10 Å². The summed E-state index contributed by atoms with van der Waals surface area (Å²) in [6, 6.07) is 0. The molecular formula is C21H42O7. The molecule has 0 heterocycles. The van der Waals surface area contributed by atoms with Crippen LogP contribution in [0.1, 0.15) is 90.4 Å². The Labute approximate surface area is 169 Å². The normalized spacial score (nSPS) is 15.8. The zero-order valence-corrected chi connectivity index (χ0v) is 17.5. The Morgan fingerprint density at radius 1 is 0.714 bits per heavy atom. The number of carbonyl (C=O) groups is 1. The molecule has 0 aromatic rings.